The molecule has 0 radical (unpaired) electrons. The lowest BCUT2D eigenvalue weighted by molar-refractivity contribution is -0.276. The molecule has 3 nitrogen and oxygen atoms in total. The predicted octanol–water partition coefficient (Wildman–Crippen LogP) is 2.00. The molecule has 17 heavy (non-hydrogen) atoms. The third-order valence-electron chi connectivity index (χ3n) is 4.98. The minimum Gasteiger partial charge on any atom is -0.390 e. The molecule has 0 aromatic carbocycles. The SMILES string of the molecule is CCC(C)OC12CC3CC(O)(CC(O)(C3)C1)C2. The van der Waals surface area contributed by atoms with E-state index in [1.807, 2.05) is 0 Å². The van der Waals surface area contributed by atoms with E-state index in [-0.39, 0.29) is 11.7 Å². The Kier molecular flexibility index (Phi) is 2.43. The van der Waals surface area contributed by atoms with Gasteiger partial charge in [0, 0.05) is 19.3 Å². The molecule has 2 N–H and O–H groups in total. The molecule has 3 heteroatoms. The first-order valence-corrected chi connectivity index (χ1v) is 6.99. The van der Waals surface area contributed by atoms with Crippen molar-refractivity contribution < 1.29 is 14.9 Å². The van der Waals surface area contributed by atoms with E-state index in [0.29, 0.717) is 12.3 Å². The standard InChI is InChI=1S/C14H24O3/c1-3-10(2)17-14-6-11-4-12(15,8-14)7-13(16,5-11)9-14/h10-11,15-16H,3-9H2,1-2H3. The average molecular weight is 240 g/mol. The molecule has 0 heterocycles. The Balaban J connectivity index is 1.87. The maximum atomic E-state index is 10.6. The Morgan fingerprint density at radius 3 is 2.18 bits per heavy atom. The molecule has 0 amide bonds. The van der Waals surface area contributed by atoms with Gasteiger partial charge in [-0.25, -0.2) is 0 Å². The second kappa shape index (κ2) is 3.46. The quantitative estimate of drug-likeness (QED) is 0.793. The average Bonchev–Trinajstić information content (AvgIpc) is 2.10. The van der Waals surface area contributed by atoms with E-state index in [0.717, 1.165) is 38.5 Å². The fraction of sp³-hybridized carbons (Fsp3) is 1.00. The lowest BCUT2D eigenvalue weighted by Crippen LogP contribution is -2.67. The Morgan fingerprint density at radius 2 is 1.71 bits per heavy atom. The zero-order valence-electron chi connectivity index (χ0n) is 10.9. The topological polar surface area (TPSA) is 49.7 Å². The minimum absolute atomic E-state index is 0.221. The largest absolute Gasteiger partial charge is 0.390 e. The zero-order valence-corrected chi connectivity index (χ0v) is 10.9. The van der Waals surface area contributed by atoms with Crippen LogP contribution in [-0.2, 0) is 4.74 Å². The molecule has 3 atom stereocenters. The summed E-state index contributed by atoms with van der Waals surface area (Å²) in [6.45, 7) is 4.21. The van der Waals surface area contributed by atoms with Crippen LogP contribution < -0.4 is 0 Å². The van der Waals surface area contributed by atoms with Crippen LogP contribution in [0.5, 0.6) is 0 Å². The van der Waals surface area contributed by atoms with E-state index >= 15 is 0 Å². The fourth-order valence-corrected chi connectivity index (χ4v) is 4.89. The molecular weight excluding hydrogens is 216 g/mol. The van der Waals surface area contributed by atoms with Crippen molar-refractivity contribution in [1.29, 1.82) is 0 Å². The van der Waals surface area contributed by atoms with Crippen molar-refractivity contribution in [3.8, 4) is 0 Å². The maximum absolute atomic E-state index is 10.6. The van der Waals surface area contributed by atoms with Crippen molar-refractivity contribution in [3.05, 3.63) is 0 Å². The molecule has 0 aromatic heterocycles. The third-order valence-corrected chi connectivity index (χ3v) is 4.98. The Morgan fingerprint density at radius 1 is 1.12 bits per heavy atom. The lowest BCUT2D eigenvalue weighted by Gasteiger charge is -2.63. The first kappa shape index (κ1) is 11.9. The zero-order chi connectivity index (χ0) is 12.3. The van der Waals surface area contributed by atoms with Crippen molar-refractivity contribution in [2.45, 2.75) is 81.7 Å². The van der Waals surface area contributed by atoms with Gasteiger partial charge in [0.2, 0.25) is 0 Å². The molecule has 0 saturated heterocycles. The Bertz CT molecular complexity index is 309. The van der Waals surface area contributed by atoms with Crippen LogP contribution in [0.3, 0.4) is 0 Å². The summed E-state index contributed by atoms with van der Waals surface area (Å²) >= 11 is 0. The van der Waals surface area contributed by atoms with Gasteiger partial charge in [0.15, 0.2) is 0 Å². The number of hydrogen-bond acceptors (Lipinski definition) is 3. The third kappa shape index (κ3) is 1.92. The van der Waals surface area contributed by atoms with Gasteiger partial charge in [0.05, 0.1) is 22.9 Å². The molecule has 0 aliphatic heterocycles. The van der Waals surface area contributed by atoms with Crippen LogP contribution in [0.15, 0.2) is 0 Å². The normalized spacial score (nSPS) is 54.0. The number of ether oxygens (including phenoxy) is 1. The summed E-state index contributed by atoms with van der Waals surface area (Å²) in [6, 6.07) is 0. The highest BCUT2D eigenvalue weighted by Gasteiger charge is 2.63. The van der Waals surface area contributed by atoms with E-state index in [1.54, 1.807) is 0 Å². The van der Waals surface area contributed by atoms with E-state index < -0.39 is 11.2 Å². The molecule has 4 bridgehead atoms. The van der Waals surface area contributed by atoms with E-state index in [4.69, 9.17) is 4.74 Å². The smallest absolute Gasteiger partial charge is 0.0743 e. The molecule has 0 aromatic rings. The van der Waals surface area contributed by atoms with E-state index in [1.165, 1.54) is 0 Å². The van der Waals surface area contributed by atoms with Gasteiger partial charge in [-0.2, -0.15) is 0 Å². The second-order valence-corrected chi connectivity index (χ2v) is 6.98. The van der Waals surface area contributed by atoms with Crippen LogP contribution in [0.1, 0.15) is 58.8 Å². The van der Waals surface area contributed by atoms with Crippen LogP contribution in [0.4, 0.5) is 0 Å². The van der Waals surface area contributed by atoms with Gasteiger partial charge in [-0.1, -0.05) is 6.92 Å². The highest BCUT2D eigenvalue weighted by Crippen LogP contribution is 2.60. The van der Waals surface area contributed by atoms with Gasteiger partial charge < -0.3 is 14.9 Å². The molecule has 4 fully saturated rings. The second-order valence-electron chi connectivity index (χ2n) is 6.98. The van der Waals surface area contributed by atoms with Crippen LogP contribution in [0.25, 0.3) is 0 Å². The molecule has 4 saturated carbocycles. The Hall–Kier alpha value is -0.120. The summed E-state index contributed by atoms with van der Waals surface area (Å²) in [4.78, 5) is 0. The van der Waals surface area contributed by atoms with Crippen molar-refractivity contribution in [1.82, 2.24) is 0 Å². The highest BCUT2D eigenvalue weighted by atomic mass is 16.5. The summed E-state index contributed by atoms with van der Waals surface area (Å²) in [7, 11) is 0. The van der Waals surface area contributed by atoms with Crippen LogP contribution in [0, 0.1) is 5.92 Å². The molecule has 3 unspecified atom stereocenters. The molecule has 0 spiro atoms. The first-order valence-electron chi connectivity index (χ1n) is 6.99. The summed E-state index contributed by atoms with van der Waals surface area (Å²) in [5.41, 5.74) is -1.58. The highest BCUT2D eigenvalue weighted by molar-refractivity contribution is 5.16. The van der Waals surface area contributed by atoms with Gasteiger partial charge in [-0.3, -0.25) is 0 Å². The minimum atomic E-state index is -0.665. The summed E-state index contributed by atoms with van der Waals surface area (Å²) in [5.74, 6) is 0.449. The van der Waals surface area contributed by atoms with Gasteiger partial charge >= 0.3 is 0 Å². The van der Waals surface area contributed by atoms with Gasteiger partial charge in [0.25, 0.3) is 0 Å². The van der Waals surface area contributed by atoms with Gasteiger partial charge in [-0.15, -0.1) is 0 Å². The monoisotopic (exact) mass is 240 g/mol. The summed E-state index contributed by atoms with van der Waals surface area (Å²) in [6.07, 6.45) is 5.97. The van der Waals surface area contributed by atoms with Gasteiger partial charge in [-0.05, 0) is 38.5 Å². The molecule has 4 rings (SSSR count). The van der Waals surface area contributed by atoms with Crippen LogP contribution in [-0.4, -0.2) is 33.1 Å². The lowest BCUT2D eigenvalue weighted by atomic mass is 9.50. The fourth-order valence-electron chi connectivity index (χ4n) is 4.89. The van der Waals surface area contributed by atoms with E-state index in [9.17, 15) is 10.2 Å². The Labute approximate surface area is 103 Å². The van der Waals surface area contributed by atoms with E-state index in [2.05, 4.69) is 13.8 Å². The summed E-state index contributed by atoms with van der Waals surface area (Å²) < 4.78 is 6.21. The first-order chi connectivity index (χ1) is 7.86. The predicted molar refractivity (Wildman–Crippen MR) is 64.7 cm³/mol. The molecule has 98 valence electrons. The number of rotatable bonds is 3. The van der Waals surface area contributed by atoms with Crippen molar-refractivity contribution in [3.63, 3.8) is 0 Å². The maximum Gasteiger partial charge on any atom is 0.0743 e. The van der Waals surface area contributed by atoms with Crippen molar-refractivity contribution in [2.75, 3.05) is 0 Å². The molecule has 4 aliphatic rings. The summed E-state index contributed by atoms with van der Waals surface area (Å²) in [5, 5.41) is 21.2. The van der Waals surface area contributed by atoms with Crippen LogP contribution >= 0.6 is 0 Å². The number of hydrogen-bond donors (Lipinski definition) is 2. The van der Waals surface area contributed by atoms with Crippen molar-refractivity contribution >= 4 is 0 Å². The van der Waals surface area contributed by atoms with Crippen LogP contribution in [0.2, 0.25) is 0 Å². The molecular formula is C14H24O3. The van der Waals surface area contributed by atoms with Crippen molar-refractivity contribution in [2.24, 2.45) is 5.92 Å². The molecule has 4 aliphatic carbocycles. The number of aliphatic hydroxyl groups is 2. The van der Waals surface area contributed by atoms with Gasteiger partial charge in [0.1, 0.15) is 0 Å².